The third-order valence-corrected chi connectivity index (χ3v) is 5.52. The average molecular weight is 439 g/mol. The maximum atomic E-state index is 14.6. The quantitative estimate of drug-likeness (QED) is 0.659. The molecule has 0 spiro atoms. The third kappa shape index (κ3) is 4.62. The Morgan fingerprint density at radius 2 is 1.78 bits per heavy atom. The molecule has 0 radical (unpaired) electrons. The first-order chi connectivity index (χ1) is 15.3. The lowest BCUT2D eigenvalue weighted by Crippen LogP contribution is -2.36. The van der Waals surface area contributed by atoms with Gasteiger partial charge in [0.05, 0.1) is 31.0 Å². The monoisotopic (exact) mass is 438 g/mol. The fourth-order valence-corrected chi connectivity index (χ4v) is 3.94. The number of morpholine rings is 1. The van der Waals surface area contributed by atoms with Crippen LogP contribution >= 0.6 is 0 Å². The molecule has 1 amide bonds. The first-order valence-corrected chi connectivity index (χ1v) is 10.6. The fourth-order valence-electron chi connectivity index (χ4n) is 3.94. The van der Waals surface area contributed by atoms with Crippen molar-refractivity contribution in [2.45, 2.75) is 34.1 Å². The van der Waals surface area contributed by atoms with Gasteiger partial charge in [0.25, 0.3) is 5.95 Å². The van der Waals surface area contributed by atoms with Crippen molar-refractivity contribution in [1.29, 1.82) is 0 Å². The van der Waals surface area contributed by atoms with Crippen molar-refractivity contribution in [1.82, 2.24) is 19.7 Å². The second kappa shape index (κ2) is 9.04. The Morgan fingerprint density at radius 1 is 1.09 bits per heavy atom. The summed E-state index contributed by atoms with van der Waals surface area (Å²) in [5.74, 6) is -0.122. The molecule has 2 aromatic heterocycles. The molecule has 1 saturated heterocycles. The topological polar surface area (TPSA) is 85.2 Å². The minimum atomic E-state index is -0.364. The van der Waals surface area contributed by atoms with Crippen LogP contribution in [0.1, 0.15) is 28.3 Å². The van der Waals surface area contributed by atoms with E-state index in [1.54, 1.807) is 16.8 Å². The van der Waals surface area contributed by atoms with Crippen LogP contribution in [0.3, 0.4) is 0 Å². The highest BCUT2D eigenvalue weighted by Gasteiger charge is 2.19. The smallest absolute Gasteiger partial charge is 0.251 e. The Hall–Kier alpha value is -3.33. The first kappa shape index (κ1) is 21.9. The molecular weight excluding hydrogens is 411 g/mol. The van der Waals surface area contributed by atoms with Crippen LogP contribution in [0.15, 0.2) is 24.3 Å². The number of carbonyl (C=O) groups excluding carboxylic acids is 1. The number of aromatic nitrogens is 4. The van der Waals surface area contributed by atoms with E-state index in [2.05, 4.69) is 20.4 Å². The van der Waals surface area contributed by atoms with E-state index >= 15 is 0 Å². The molecule has 0 saturated carbocycles. The van der Waals surface area contributed by atoms with E-state index in [4.69, 9.17) is 4.74 Å². The van der Waals surface area contributed by atoms with E-state index in [0.29, 0.717) is 43.6 Å². The number of benzene rings is 1. The molecule has 0 aliphatic carbocycles. The van der Waals surface area contributed by atoms with Crippen molar-refractivity contribution in [3.05, 3.63) is 58.4 Å². The fraction of sp³-hybridized carbons (Fsp3) is 0.391. The minimum absolute atomic E-state index is 0.120. The summed E-state index contributed by atoms with van der Waals surface area (Å²) in [5.41, 5.74) is 4.97. The highest BCUT2D eigenvalue weighted by atomic mass is 19.1. The summed E-state index contributed by atoms with van der Waals surface area (Å²) in [7, 11) is 0. The Balaban J connectivity index is 1.49. The van der Waals surface area contributed by atoms with E-state index in [9.17, 15) is 9.18 Å². The molecule has 1 N–H and O–H groups in total. The molecule has 1 fully saturated rings. The Kier molecular flexibility index (Phi) is 6.18. The zero-order chi connectivity index (χ0) is 22.8. The highest BCUT2D eigenvalue weighted by Crippen LogP contribution is 2.24. The number of halogens is 1. The number of anilines is 2. The Bertz CT molecular complexity index is 1130. The number of hydrogen-bond acceptors (Lipinski definition) is 6. The summed E-state index contributed by atoms with van der Waals surface area (Å²) in [4.78, 5) is 23.6. The molecule has 0 atom stereocenters. The van der Waals surface area contributed by atoms with Crippen molar-refractivity contribution < 1.29 is 13.9 Å². The number of nitrogens with one attached hydrogen (secondary N) is 1. The maximum Gasteiger partial charge on any atom is 0.251 e. The maximum absolute atomic E-state index is 14.6. The summed E-state index contributed by atoms with van der Waals surface area (Å²) < 4.78 is 21.6. The predicted octanol–water partition coefficient (Wildman–Crippen LogP) is 3.05. The molecule has 8 nitrogen and oxygen atoms in total. The second-order valence-electron chi connectivity index (χ2n) is 8.00. The molecule has 3 heterocycles. The Labute approximate surface area is 186 Å². The second-order valence-corrected chi connectivity index (χ2v) is 8.00. The minimum Gasteiger partial charge on any atom is -0.378 e. The van der Waals surface area contributed by atoms with Gasteiger partial charge in [0.15, 0.2) is 0 Å². The van der Waals surface area contributed by atoms with Gasteiger partial charge in [-0.25, -0.2) is 19.0 Å². The standard InChI is InChI=1S/C23H27FN6O2/c1-14-11-15(2)26-23(25-14)30-17(4)19(16(3)28-30)13-22(31)27-18-5-6-21(20(24)12-18)29-7-9-32-10-8-29/h5-6,11-12H,7-10,13H2,1-4H3,(H,27,31). The van der Waals surface area contributed by atoms with Crippen molar-refractivity contribution in [3.8, 4) is 5.95 Å². The van der Waals surface area contributed by atoms with Gasteiger partial charge in [-0.3, -0.25) is 4.79 Å². The van der Waals surface area contributed by atoms with Crippen LogP contribution in [-0.4, -0.2) is 52.0 Å². The van der Waals surface area contributed by atoms with Crippen LogP contribution in [0.5, 0.6) is 0 Å². The van der Waals surface area contributed by atoms with Crippen LogP contribution < -0.4 is 10.2 Å². The van der Waals surface area contributed by atoms with Gasteiger partial charge in [0.1, 0.15) is 5.82 Å². The lowest BCUT2D eigenvalue weighted by Gasteiger charge is -2.29. The van der Waals surface area contributed by atoms with Gasteiger partial charge in [-0.1, -0.05) is 0 Å². The molecule has 4 rings (SSSR count). The average Bonchev–Trinajstić information content (AvgIpc) is 3.02. The molecule has 1 aliphatic rings. The van der Waals surface area contributed by atoms with E-state index in [1.165, 1.54) is 6.07 Å². The molecule has 32 heavy (non-hydrogen) atoms. The van der Waals surface area contributed by atoms with Crippen molar-refractivity contribution in [2.75, 3.05) is 36.5 Å². The lowest BCUT2D eigenvalue weighted by atomic mass is 10.1. The number of ether oxygens (including phenoxy) is 1. The van der Waals surface area contributed by atoms with Crippen LogP contribution in [-0.2, 0) is 16.0 Å². The van der Waals surface area contributed by atoms with Crippen LogP contribution in [0, 0.1) is 33.5 Å². The van der Waals surface area contributed by atoms with Crippen LogP contribution in [0.2, 0.25) is 0 Å². The highest BCUT2D eigenvalue weighted by molar-refractivity contribution is 5.92. The van der Waals surface area contributed by atoms with E-state index in [-0.39, 0.29) is 18.1 Å². The summed E-state index contributed by atoms with van der Waals surface area (Å²) >= 11 is 0. The van der Waals surface area contributed by atoms with Crippen LogP contribution in [0.25, 0.3) is 5.95 Å². The van der Waals surface area contributed by atoms with Gasteiger partial charge in [-0.2, -0.15) is 5.10 Å². The Morgan fingerprint density at radius 3 is 2.44 bits per heavy atom. The number of aryl methyl sites for hydroxylation is 3. The molecule has 0 unspecified atom stereocenters. The normalized spacial score (nSPS) is 14.0. The number of hydrogen-bond donors (Lipinski definition) is 1. The predicted molar refractivity (Wildman–Crippen MR) is 120 cm³/mol. The summed E-state index contributed by atoms with van der Waals surface area (Å²) in [6.45, 7) is 10.0. The largest absolute Gasteiger partial charge is 0.378 e. The van der Waals surface area contributed by atoms with Crippen molar-refractivity contribution >= 4 is 17.3 Å². The molecule has 1 aromatic carbocycles. The number of amides is 1. The van der Waals surface area contributed by atoms with E-state index in [0.717, 1.165) is 28.3 Å². The number of nitrogens with zero attached hydrogens (tertiary/aromatic N) is 5. The zero-order valence-corrected chi connectivity index (χ0v) is 18.8. The van der Waals surface area contributed by atoms with Gasteiger partial charge >= 0.3 is 0 Å². The molecular formula is C23H27FN6O2. The zero-order valence-electron chi connectivity index (χ0n) is 18.8. The van der Waals surface area contributed by atoms with E-state index < -0.39 is 0 Å². The summed E-state index contributed by atoms with van der Waals surface area (Å²) in [6.07, 6.45) is 0.120. The molecule has 1 aliphatic heterocycles. The van der Waals surface area contributed by atoms with Gasteiger partial charge < -0.3 is 15.0 Å². The lowest BCUT2D eigenvalue weighted by molar-refractivity contribution is -0.115. The van der Waals surface area contributed by atoms with E-state index in [1.807, 2.05) is 38.7 Å². The molecule has 0 bridgehead atoms. The summed E-state index contributed by atoms with van der Waals surface area (Å²) in [5, 5.41) is 7.33. The van der Waals surface area contributed by atoms with Crippen molar-refractivity contribution in [2.24, 2.45) is 0 Å². The molecule has 168 valence electrons. The van der Waals surface area contributed by atoms with Crippen molar-refractivity contribution in [3.63, 3.8) is 0 Å². The van der Waals surface area contributed by atoms with Gasteiger partial charge in [-0.05, 0) is 52.0 Å². The number of carbonyl (C=O) groups is 1. The SMILES string of the molecule is Cc1cc(C)nc(-n2nc(C)c(CC(=O)Nc3ccc(N4CCOCC4)c(F)c3)c2C)n1. The third-order valence-electron chi connectivity index (χ3n) is 5.52. The molecule has 9 heteroatoms. The van der Waals surface area contributed by atoms with Crippen LogP contribution in [0.4, 0.5) is 15.8 Å². The van der Waals surface area contributed by atoms with Gasteiger partial charge in [0, 0.05) is 41.4 Å². The first-order valence-electron chi connectivity index (χ1n) is 10.6. The number of rotatable bonds is 5. The summed E-state index contributed by atoms with van der Waals surface area (Å²) in [6, 6.07) is 6.67. The molecule has 3 aromatic rings. The van der Waals surface area contributed by atoms with Gasteiger partial charge in [0.2, 0.25) is 5.91 Å². The van der Waals surface area contributed by atoms with Gasteiger partial charge in [-0.15, -0.1) is 0 Å².